The first-order chi connectivity index (χ1) is 13.4. The summed E-state index contributed by atoms with van der Waals surface area (Å²) in [6, 6.07) is 0. The second kappa shape index (κ2) is 13.0. The summed E-state index contributed by atoms with van der Waals surface area (Å²) < 4.78 is 0. The number of hydrogen-bond acceptors (Lipinski definition) is 5. The van der Waals surface area contributed by atoms with Gasteiger partial charge in [0.15, 0.2) is 5.78 Å². The molecule has 1 fully saturated rings. The van der Waals surface area contributed by atoms with Gasteiger partial charge in [-0.25, -0.2) is 0 Å². The highest BCUT2D eigenvalue weighted by Gasteiger charge is 2.40. The van der Waals surface area contributed by atoms with Gasteiger partial charge in [-0.2, -0.15) is 0 Å². The summed E-state index contributed by atoms with van der Waals surface area (Å²) in [5.74, 6) is -0.219. The Morgan fingerprint density at radius 2 is 1.75 bits per heavy atom. The number of unbranched alkanes of at least 4 members (excludes halogenated alkanes) is 1. The zero-order chi connectivity index (χ0) is 21.0. The van der Waals surface area contributed by atoms with Gasteiger partial charge in [-0.15, -0.1) is 6.58 Å². The number of Topliss-reactive ketones (excluding diaryl/α,β-unsaturated/α-hetero) is 1. The molecule has 0 spiro atoms. The minimum Gasteiger partial charge on any atom is -0.393 e. The van der Waals surface area contributed by atoms with Crippen LogP contribution in [0, 0.1) is 11.8 Å². The first-order valence-corrected chi connectivity index (χ1v) is 10.5. The van der Waals surface area contributed by atoms with E-state index in [9.17, 15) is 20.1 Å². The first kappa shape index (κ1) is 24.8. The van der Waals surface area contributed by atoms with Crippen molar-refractivity contribution in [2.45, 2.75) is 82.5 Å². The van der Waals surface area contributed by atoms with Crippen molar-refractivity contribution in [3.8, 4) is 0 Å². The molecular formula is C23H38O5. The normalized spacial score (nSPS) is 27.5. The summed E-state index contributed by atoms with van der Waals surface area (Å²) in [4.78, 5) is 11.0. The van der Waals surface area contributed by atoms with Gasteiger partial charge in [-0.3, -0.25) is 4.79 Å². The van der Waals surface area contributed by atoms with E-state index in [0.717, 1.165) is 25.7 Å². The molecule has 5 atom stereocenters. The monoisotopic (exact) mass is 394 g/mol. The Labute approximate surface area is 169 Å². The molecule has 5 heteroatoms. The Bertz CT molecular complexity index is 527. The summed E-state index contributed by atoms with van der Waals surface area (Å²) >= 11 is 0. The maximum atomic E-state index is 11.0. The molecule has 28 heavy (non-hydrogen) atoms. The number of aliphatic hydroxyl groups is 4. The number of allylic oxidation sites excluding steroid dienone is 4. The van der Waals surface area contributed by atoms with E-state index in [2.05, 4.69) is 13.5 Å². The molecular weight excluding hydrogens is 356 g/mol. The molecule has 0 heterocycles. The van der Waals surface area contributed by atoms with Crippen molar-refractivity contribution < 1.29 is 25.2 Å². The van der Waals surface area contributed by atoms with Crippen LogP contribution in [0.25, 0.3) is 0 Å². The molecule has 160 valence electrons. The fraction of sp³-hybridized carbons (Fsp3) is 0.696. The molecule has 1 aliphatic carbocycles. The van der Waals surface area contributed by atoms with Gasteiger partial charge in [-0.05, 0) is 50.4 Å². The van der Waals surface area contributed by atoms with Crippen LogP contribution in [0.2, 0.25) is 0 Å². The highest BCUT2D eigenvalue weighted by molar-refractivity contribution is 5.80. The Hall–Kier alpha value is -1.27. The van der Waals surface area contributed by atoms with Gasteiger partial charge < -0.3 is 20.4 Å². The summed E-state index contributed by atoms with van der Waals surface area (Å²) in [6.45, 7) is 5.42. The predicted octanol–water partition coefficient (Wildman–Crippen LogP) is 3.08. The number of carbonyl (C=O) groups excluding carboxylic acids is 1. The second-order valence-corrected chi connectivity index (χ2v) is 7.99. The lowest BCUT2D eigenvalue weighted by atomic mass is 9.83. The molecule has 0 radical (unpaired) electrons. The predicted molar refractivity (Wildman–Crippen MR) is 112 cm³/mol. The highest BCUT2D eigenvalue weighted by Crippen LogP contribution is 2.39. The summed E-state index contributed by atoms with van der Waals surface area (Å²) in [7, 11) is 0. The maximum absolute atomic E-state index is 11.0. The fourth-order valence-corrected chi connectivity index (χ4v) is 4.02. The zero-order valence-electron chi connectivity index (χ0n) is 17.2. The average Bonchev–Trinajstić information content (AvgIpc) is 2.95. The number of hydrogen-bond donors (Lipinski definition) is 4. The highest BCUT2D eigenvalue weighted by atomic mass is 16.3. The Morgan fingerprint density at radius 3 is 2.39 bits per heavy atom. The third-order valence-electron chi connectivity index (χ3n) is 5.83. The van der Waals surface area contributed by atoms with Crippen LogP contribution in [0.15, 0.2) is 37.0 Å². The Kier molecular flexibility index (Phi) is 11.5. The van der Waals surface area contributed by atoms with Crippen molar-refractivity contribution in [1.82, 2.24) is 0 Å². The molecule has 1 saturated carbocycles. The molecule has 1 rings (SSSR count). The lowest BCUT2D eigenvalue weighted by molar-refractivity contribution is -0.120. The molecule has 5 nitrogen and oxygen atoms in total. The van der Waals surface area contributed by atoms with E-state index in [0.29, 0.717) is 25.7 Å². The largest absolute Gasteiger partial charge is 0.393 e. The molecule has 0 aliphatic heterocycles. The van der Waals surface area contributed by atoms with Gasteiger partial charge in [0.25, 0.3) is 0 Å². The van der Waals surface area contributed by atoms with E-state index >= 15 is 0 Å². The van der Waals surface area contributed by atoms with Gasteiger partial charge in [0.05, 0.1) is 17.8 Å². The van der Waals surface area contributed by atoms with Crippen LogP contribution in [0.4, 0.5) is 0 Å². The van der Waals surface area contributed by atoms with Crippen molar-refractivity contribution in [2.24, 2.45) is 11.8 Å². The molecule has 0 saturated heterocycles. The first-order valence-electron chi connectivity index (χ1n) is 10.5. The van der Waals surface area contributed by atoms with E-state index < -0.39 is 24.4 Å². The number of rotatable bonds is 14. The maximum Gasteiger partial charge on any atom is 0.161 e. The van der Waals surface area contributed by atoms with Crippen LogP contribution in [-0.2, 0) is 4.79 Å². The van der Waals surface area contributed by atoms with Crippen molar-refractivity contribution in [2.75, 3.05) is 6.61 Å². The summed E-state index contributed by atoms with van der Waals surface area (Å²) in [5.41, 5.74) is -0.843. The van der Waals surface area contributed by atoms with Crippen LogP contribution >= 0.6 is 0 Å². The van der Waals surface area contributed by atoms with Crippen LogP contribution in [0.3, 0.4) is 0 Å². The van der Waals surface area contributed by atoms with E-state index in [1.54, 1.807) is 18.2 Å². The molecule has 0 bridgehead atoms. The fourth-order valence-electron chi connectivity index (χ4n) is 4.02. The molecule has 1 unspecified atom stereocenters. The summed E-state index contributed by atoms with van der Waals surface area (Å²) in [6.07, 6.45) is 13.9. The van der Waals surface area contributed by atoms with Crippen molar-refractivity contribution in [3.05, 3.63) is 37.0 Å². The minimum atomic E-state index is -0.843. The minimum absolute atomic E-state index is 0.00816. The molecule has 0 aromatic carbocycles. The molecule has 1 aliphatic rings. The van der Waals surface area contributed by atoms with Crippen LogP contribution in [0.5, 0.6) is 0 Å². The standard InChI is InChI=1S/C23H38O5/c1-3-5-14-23(28,4-2)15-10-13-20-19(21(26)16-22(20)27)12-9-7-6-8-11-18(25)17-24/h4,6-9,19-22,24,26-28H,2-3,5,10-17H2,1H3/b8-6+,9-7-/t19-,20-,21-,22-,23?/m1/s1. The number of ketones is 1. The third-order valence-corrected chi connectivity index (χ3v) is 5.83. The Balaban J connectivity index is 2.52. The van der Waals surface area contributed by atoms with Crippen LogP contribution in [0.1, 0.15) is 64.7 Å². The molecule has 0 amide bonds. The van der Waals surface area contributed by atoms with Crippen molar-refractivity contribution in [1.29, 1.82) is 0 Å². The number of aliphatic hydroxyl groups excluding tert-OH is 3. The van der Waals surface area contributed by atoms with Gasteiger partial charge >= 0.3 is 0 Å². The zero-order valence-corrected chi connectivity index (χ0v) is 17.2. The Morgan fingerprint density at radius 1 is 1.11 bits per heavy atom. The van der Waals surface area contributed by atoms with Crippen LogP contribution in [-0.4, -0.2) is 50.6 Å². The quantitative estimate of drug-likeness (QED) is 0.268. The molecule has 0 aromatic heterocycles. The molecule has 0 aromatic rings. The molecule has 4 N–H and O–H groups in total. The van der Waals surface area contributed by atoms with Gasteiger partial charge in [0, 0.05) is 6.42 Å². The van der Waals surface area contributed by atoms with Gasteiger partial charge in [0.1, 0.15) is 6.61 Å². The van der Waals surface area contributed by atoms with E-state index in [4.69, 9.17) is 5.11 Å². The average molecular weight is 395 g/mol. The third kappa shape index (κ3) is 8.39. The van der Waals surface area contributed by atoms with Gasteiger partial charge in [0.2, 0.25) is 0 Å². The SMILES string of the molecule is C=CC(O)(CCCC)CCC[C@@H]1[C@@H](C/C=C\C=C\CC(=O)CO)[C@H](O)C[C@H]1O. The van der Waals surface area contributed by atoms with Gasteiger partial charge in [-0.1, -0.05) is 50.1 Å². The topological polar surface area (TPSA) is 98.0 Å². The van der Waals surface area contributed by atoms with Crippen molar-refractivity contribution >= 4 is 5.78 Å². The van der Waals surface area contributed by atoms with Crippen LogP contribution < -0.4 is 0 Å². The van der Waals surface area contributed by atoms with Crippen molar-refractivity contribution in [3.63, 3.8) is 0 Å². The number of carbonyl (C=O) groups is 1. The summed E-state index contributed by atoms with van der Waals surface area (Å²) in [5, 5.41) is 39.9. The second-order valence-electron chi connectivity index (χ2n) is 7.99. The smallest absolute Gasteiger partial charge is 0.161 e. The lowest BCUT2D eigenvalue weighted by Gasteiger charge is -2.27. The van der Waals surface area contributed by atoms with E-state index in [-0.39, 0.29) is 24.0 Å². The van der Waals surface area contributed by atoms with E-state index in [1.807, 2.05) is 12.2 Å². The van der Waals surface area contributed by atoms with E-state index in [1.165, 1.54) is 0 Å². The lowest BCUT2D eigenvalue weighted by Crippen LogP contribution is -2.27.